The summed E-state index contributed by atoms with van der Waals surface area (Å²) in [6, 6.07) is 8.30. The van der Waals surface area contributed by atoms with Gasteiger partial charge < -0.3 is 9.84 Å². The van der Waals surface area contributed by atoms with Crippen LogP contribution in [0.3, 0.4) is 0 Å². The van der Waals surface area contributed by atoms with Crippen LogP contribution in [-0.4, -0.2) is 28.3 Å². The third-order valence-corrected chi connectivity index (χ3v) is 6.02. The highest BCUT2D eigenvalue weighted by molar-refractivity contribution is 8.00. The van der Waals surface area contributed by atoms with E-state index in [0.717, 1.165) is 38.0 Å². The van der Waals surface area contributed by atoms with E-state index in [1.165, 1.54) is 11.3 Å². The summed E-state index contributed by atoms with van der Waals surface area (Å²) >= 11 is 1.91. The van der Waals surface area contributed by atoms with Crippen molar-refractivity contribution in [2.75, 3.05) is 12.4 Å². The maximum atomic E-state index is 11.0. The summed E-state index contributed by atoms with van der Waals surface area (Å²) in [5.74, 6) is 2.64. The molecule has 0 saturated carbocycles. The summed E-state index contributed by atoms with van der Waals surface area (Å²) in [6.45, 7) is 2.95. The van der Waals surface area contributed by atoms with Gasteiger partial charge in [0.15, 0.2) is 0 Å². The van der Waals surface area contributed by atoms with Crippen LogP contribution < -0.4 is 4.74 Å². The van der Waals surface area contributed by atoms with Gasteiger partial charge in [0.05, 0.1) is 12.2 Å². The molecular weight excluding hydrogens is 256 g/mol. The molecule has 1 fully saturated rings. The van der Waals surface area contributed by atoms with Crippen LogP contribution in [-0.2, 0) is 0 Å². The number of benzene rings is 1. The van der Waals surface area contributed by atoms with E-state index in [1.807, 2.05) is 23.9 Å². The van der Waals surface area contributed by atoms with Crippen LogP contribution in [0.25, 0.3) is 0 Å². The van der Waals surface area contributed by atoms with E-state index in [2.05, 4.69) is 19.1 Å². The van der Waals surface area contributed by atoms with E-state index in [9.17, 15) is 5.11 Å². The van der Waals surface area contributed by atoms with Crippen LogP contribution in [0.2, 0.25) is 0 Å². The lowest BCUT2D eigenvalue weighted by molar-refractivity contribution is 0.0105. The van der Waals surface area contributed by atoms with Crippen molar-refractivity contribution in [1.29, 1.82) is 0 Å². The molecule has 0 aliphatic carbocycles. The molecule has 1 saturated heterocycles. The SMILES string of the molecule is CC1SCCCC1(O)CC1CCOc2ccccc21. The van der Waals surface area contributed by atoms with Crippen molar-refractivity contribution >= 4 is 11.8 Å². The summed E-state index contributed by atoms with van der Waals surface area (Å²) in [7, 11) is 0. The Balaban J connectivity index is 1.80. The molecule has 1 N–H and O–H groups in total. The molecule has 0 amide bonds. The first kappa shape index (κ1) is 13.3. The molecule has 0 aromatic heterocycles. The number of para-hydroxylation sites is 1. The molecule has 2 aliphatic heterocycles. The largest absolute Gasteiger partial charge is 0.493 e. The van der Waals surface area contributed by atoms with Crippen LogP contribution in [0, 0.1) is 0 Å². The van der Waals surface area contributed by atoms with Gasteiger partial charge in [0.2, 0.25) is 0 Å². The molecule has 2 aliphatic rings. The monoisotopic (exact) mass is 278 g/mol. The molecule has 2 nitrogen and oxygen atoms in total. The Kier molecular flexibility index (Phi) is 3.77. The fourth-order valence-corrected chi connectivity index (χ4v) is 4.51. The van der Waals surface area contributed by atoms with Gasteiger partial charge in [0.25, 0.3) is 0 Å². The minimum absolute atomic E-state index is 0.344. The Hall–Kier alpha value is -0.670. The van der Waals surface area contributed by atoms with Crippen LogP contribution in [0.4, 0.5) is 0 Å². The van der Waals surface area contributed by atoms with Crippen molar-refractivity contribution < 1.29 is 9.84 Å². The first-order chi connectivity index (χ1) is 9.19. The third kappa shape index (κ3) is 2.63. The number of hydrogen-bond acceptors (Lipinski definition) is 3. The highest BCUT2D eigenvalue weighted by Gasteiger charge is 2.39. The van der Waals surface area contributed by atoms with Gasteiger partial charge >= 0.3 is 0 Å². The molecular formula is C16H22O2S. The van der Waals surface area contributed by atoms with Crippen LogP contribution in [0.5, 0.6) is 5.75 Å². The summed E-state index contributed by atoms with van der Waals surface area (Å²) in [6.07, 6.45) is 3.98. The number of ether oxygens (including phenoxy) is 1. The molecule has 1 aromatic carbocycles. The first-order valence-electron chi connectivity index (χ1n) is 7.25. The molecule has 1 aromatic rings. The van der Waals surface area contributed by atoms with Crippen molar-refractivity contribution in [3.05, 3.63) is 29.8 Å². The fraction of sp³-hybridized carbons (Fsp3) is 0.625. The topological polar surface area (TPSA) is 29.5 Å². The Morgan fingerprint density at radius 3 is 3.11 bits per heavy atom. The van der Waals surface area contributed by atoms with E-state index in [-0.39, 0.29) is 0 Å². The smallest absolute Gasteiger partial charge is 0.122 e. The normalized spacial score (nSPS) is 34.4. The summed E-state index contributed by atoms with van der Waals surface area (Å²) < 4.78 is 5.72. The van der Waals surface area contributed by atoms with E-state index >= 15 is 0 Å². The third-order valence-electron chi connectivity index (χ3n) is 4.56. The van der Waals surface area contributed by atoms with E-state index in [1.54, 1.807) is 0 Å². The highest BCUT2D eigenvalue weighted by Crippen LogP contribution is 2.44. The zero-order valence-electron chi connectivity index (χ0n) is 11.5. The average Bonchev–Trinajstić information content (AvgIpc) is 2.43. The van der Waals surface area contributed by atoms with Gasteiger partial charge in [-0.3, -0.25) is 0 Å². The van der Waals surface area contributed by atoms with E-state index in [4.69, 9.17) is 4.74 Å². The molecule has 0 spiro atoms. The van der Waals surface area contributed by atoms with Gasteiger partial charge in [-0.2, -0.15) is 11.8 Å². The number of rotatable bonds is 2. The number of thioether (sulfide) groups is 1. The first-order valence-corrected chi connectivity index (χ1v) is 8.30. The summed E-state index contributed by atoms with van der Waals surface area (Å²) in [5.41, 5.74) is 0.780. The lowest BCUT2D eigenvalue weighted by atomic mass is 9.79. The number of aliphatic hydroxyl groups is 1. The lowest BCUT2D eigenvalue weighted by Crippen LogP contribution is -2.43. The van der Waals surface area contributed by atoms with Gasteiger partial charge in [-0.25, -0.2) is 0 Å². The van der Waals surface area contributed by atoms with Crippen molar-refractivity contribution in [1.82, 2.24) is 0 Å². The Morgan fingerprint density at radius 2 is 2.26 bits per heavy atom. The van der Waals surface area contributed by atoms with Crippen LogP contribution in [0.1, 0.15) is 44.1 Å². The van der Waals surface area contributed by atoms with Gasteiger partial charge in [0.1, 0.15) is 5.75 Å². The molecule has 3 heteroatoms. The molecule has 3 atom stereocenters. The van der Waals surface area contributed by atoms with Gasteiger partial charge in [-0.05, 0) is 49.0 Å². The number of hydrogen-bond donors (Lipinski definition) is 1. The Morgan fingerprint density at radius 1 is 1.42 bits per heavy atom. The quantitative estimate of drug-likeness (QED) is 0.896. The van der Waals surface area contributed by atoms with Gasteiger partial charge in [-0.1, -0.05) is 25.1 Å². The van der Waals surface area contributed by atoms with Gasteiger partial charge in [0, 0.05) is 5.25 Å². The minimum atomic E-state index is -0.502. The molecule has 3 unspecified atom stereocenters. The number of fused-ring (bicyclic) bond motifs is 1. The molecule has 0 radical (unpaired) electrons. The average molecular weight is 278 g/mol. The second-order valence-corrected chi connectivity index (χ2v) is 7.24. The molecule has 19 heavy (non-hydrogen) atoms. The molecule has 0 bridgehead atoms. The van der Waals surface area contributed by atoms with E-state index < -0.39 is 5.60 Å². The predicted octanol–water partition coefficient (Wildman–Crippen LogP) is 3.59. The zero-order valence-corrected chi connectivity index (χ0v) is 12.3. The Labute approximate surface area is 119 Å². The lowest BCUT2D eigenvalue weighted by Gasteiger charge is -2.41. The Bertz CT molecular complexity index is 448. The summed E-state index contributed by atoms with van der Waals surface area (Å²) in [5, 5.41) is 11.3. The standard InChI is InChI=1S/C16H22O2S/c1-12-16(17,8-4-10-19-12)11-13-7-9-18-15-6-3-2-5-14(13)15/h2-3,5-6,12-13,17H,4,7-11H2,1H3. The predicted molar refractivity (Wildman–Crippen MR) is 80.0 cm³/mol. The van der Waals surface area contributed by atoms with Crippen LogP contribution in [0.15, 0.2) is 24.3 Å². The maximum absolute atomic E-state index is 11.0. The molecule has 3 rings (SSSR count). The minimum Gasteiger partial charge on any atom is -0.493 e. The van der Waals surface area contributed by atoms with Crippen molar-refractivity contribution in [2.45, 2.75) is 49.4 Å². The van der Waals surface area contributed by atoms with Gasteiger partial charge in [-0.15, -0.1) is 0 Å². The second kappa shape index (κ2) is 5.37. The fourth-order valence-electron chi connectivity index (χ4n) is 3.32. The molecule has 104 valence electrons. The zero-order chi connectivity index (χ0) is 13.3. The molecule has 2 heterocycles. The maximum Gasteiger partial charge on any atom is 0.122 e. The summed E-state index contributed by atoms with van der Waals surface area (Å²) in [4.78, 5) is 0. The highest BCUT2D eigenvalue weighted by atomic mass is 32.2. The van der Waals surface area contributed by atoms with Crippen molar-refractivity contribution in [3.63, 3.8) is 0 Å². The van der Waals surface area contributed by atoms with Crippen molar-refractivity contribution in [2.24, 2.45) is 0 Å². The van der Waals surface area contributed by atoms with Crippen LogP contribution >= 0.6 is 11.8 Å². The van der Waals surface area contributed by atoms with E-state index in [0.29, 0.717) is 11.2 Å². The van der Waals surface area contributed by atoms with Crippen molar-refractivity contribution in [3.8, 4) is 5.75 Å². The second-order valence-electron chi connectivity index (χ2n) is 5.80.